The smallest absolute Gasteiger partial charge is 0.270 e. The number of carbonyl (C=O) groups excluding carboxylic acids is 1. The lowest BCUT2D eigenvalue weighted by Gasteiger charge is -2.00. The van der Waals surface area contributed by atoms with E-state index < -0.39 is 4.92 Å². The lowest BCUT2D eigenvalue weighted by Crippen LogP contribution is -1.91. The lowest BCUT2D eigenvalue weighted by atomic mass is 10.1. The van der Waals surface area contributed by atoms with Crippen LogP contribution in [-0.4, -0.2) is 16.4 Å². The molecule has 0 spiro atoms. The third-order valence-electron chi connectivity index (χ3n) is 2.22. The Labute approximate surface area is 114 Å². The summed E-state index contributed by atoms with van der Waals surface area (Å²) in [4.78, 5) is 21.0. The molecule has 0 N–H and O–H groups in total. The fourth-order valence-corrected chi connectivity index (χ4v) is 1.94. The average Bonchev–Trinajstić information content (AvgIpc) is 2.70. The number of nitro benzene ring substituents is 1. The number of benzene rings is 1. The van der Waals surface area contributed by atoms with E-state index in [-0.39, 0.29) is 32.2 Å². The van der Waals surface area contributed by atoms with Gasteiger partial charge in [0.15, 0.2) is 6.29 Å². The van der Waals surface area contributed by atoms with Crippen LogP contribution < -0.4 is 0 Å². The van der Waals surface area contributed by atoms with Gasteiger partial charge in [0.2, 0.25) is 4.67 Å². The van der Waals surface area contributed by atoms with Crippen LogP contribution in [0.15, 0.2) is 27.4 Å². The van der Waals surface area contributed by atoms with Gasteiger partial charge in [-0.2, -0.15) is 0 Å². The molecule has 2 aromatic rings. The van der Waals surface area contributed by atoms with Crippen molar-refractivity contribution in [3.05, 3.63) is 43.6 Å². The number of aromatic nitrogens is 1. The van der Waals surface area contributed by atoms with Gasteiger partial charge in [0.05, 0.1) is 15.5 Å². The van der Waals surface area contributed by atoms with Crippen molar-refractivity contribution in [2.45, 2.75) is 0 Å². The van der Waals surface area contributed by atoms with Gasteiger partial charge in [-0.3, -0.25) is 14.9 Å². The van der Waals surface area contributed by atoms with Crippen molar-refractivity contribution in [3.8, 4) is 11.3 Å². The van der Waals surface area contributed by atoms with E-state index in [0.29, 0.717) is 6.29 Å². The van der Waals surface area contributed by atoms with E-state index >= 15 is 0 Å². The molecule has 8 heteroatoms. The molecule has 18 heavy (non-hydrogen) atoms. The number of nitro groups is 1. The Morgan fingerprint density at radius 3 is 2.83 bits per heavy atom. The molecular weight excluding hydrogens is 327 g/mol. The molecule has 92 valence electrons. The van der Waals surface area contributed by atoms with Crippen molar-refractivity contribution in [1.82, 2.24) is 5.16 Å². The highest BCUT2D eigenvalue weighted by molar-refractivity contribution is 9.10. The number of rotatable bonds is 3. The molecule has 0 saturated heterocycles. The van der Waals surface area contributed by atoms with Crippen molar-refractivity contribution in [1.29, 1.82) is 0 Å². The topological polar surface area (TPSA) is 86.2 Å². The molecule has 6 nitrogen and oxygen atoms in total. The first-order chi connectivity index (χ1) is 8.54. The summed E-state index contributed by atoms with van der Waals surface area (Å²) in [5, 5.41) is 14.6. The Morgan fingerprint density at radius 1 is 1.50 bits per heavy atom. The molecule has 1 aromatic heterocycles. The maximum atomic E-state index is 10.9. The van der Waals surface area contributed by atoms with Crippen molar-refractivity contribution in [3.63, 3.8) is 0 Å². The van der Waals surface area contributed by atoms with Crippen LogP contribution in [0.4, 0.5) is 5.69 Å². The fraction of sp³-hybridized carbons (Fsp3) is 0. The van der Waals surface area contributed by atoms with Crippen LogP contribution in [-0.2, 0) is 0 Å². The van der Waals surface area contributed by atoms with E-state index in [4.69, 9.17) is 16.1 Å². The second-order valence-corrected chi connectivity index (χ2v) is 4.39. The summed E-state index contributed by atoms with van der Waals surface area (Å²) in [6.45, 7) is 0. The van der Waals surface area contributed by atoms with Gasteiger partial charge in [-0.15, -0.1) is 0 Å². The van der Waals surface area contributed by atoms with Crippen molar-refractivity contribution < 1.29 is 14.2 Å². The lowest BCUT2D eigenvalue weighted by molar-refractivity contribution is -0.384. The summed E-state index contributed by atoms with van der Waals surface area (Å²) in [5.74, 6) is 0. The molecule has 0 amide bonds. The average molecular weight is 332 g/mol. The minimum atomic E-state index is -0.560. The van der Waals surface area contributed by atoms with Crippen LogP contribution in [0.25, 0.3) is 11.3 Å². The van der Waals surface area contributed by atoms with E-state index in [1.165, 1.54) is 18.2 Å². The number of hydrogen-bond donors (Lipinski definition) is 0. The molecule has 0 bridgehead atoms. The van der Waals surface area contributed by atoms with Crippen LogP contribution in [0.3, 0.4) is 0 Å². The first kappa shape index (κ1) is 12.7. The van der Waals surface area contributed by atoms with Crippen molar-refractivity contribution in [2.24, 2.45) is 0 Å². The largest absolute Gasteiger partial charge is 0.348 e. The third-order valence-corrected chi connectivity index (χ3v) is 3.12. The maximum absolute atomic E-state index is 10.9. The van der Waals surface area contributed by atoms with Gasteiger partial charge in [-0.1, -0.05) is 16.8 Å². The number of halogens is 2. The van der Waals surface area contributed by atoms with Crippen LogP contribution >= 0.6 is 27.5 Å². The van der Waals surface area contributed by atoms with Gasteiger partial charge < -0.3 is 4.52 Å². The monoisotopic (exact) mass is 330 g/mol. The standard InChI is InChI=1S/C10H4BrClN2O4/c11-10-7(4-15)9(13-18-10)6-3-5(14(16)17)1-2-8(6)12/h1-4H. The highest BCUT2D eigenvalue weighted by Crippen LogP contribution is 2.34. The predicted molar refractivity (Wildman–Crippen MR) is 66.7 cm³/mol. The summed E-state index contributed by atoms with van der Waals surface area (Å²) in [6, 6.07) is 3.87. The minimum Gasteiger partial charge on any atom is -0.348 e. The molecule has 0 fully saturated rings. The maximum Gasteiger partial charge on any atom is 0.270 e. The zero-order chi connectivity index (χ0) is 13.3. The predicted octanol–water partition coefficient (Wildman–Crippen LogP) is 3.48. The molecule has 0 radical (unpaired) electrons. The molecular formula is C10H4BrClN2O4. The van der Waals surface area contributed by atoms with Crippen LogP contribution in [0, 0.1) is 10.1 Å². The molecule has 0 saturated carbocycles. The molecule has 0 aliphatic heterocycles. The van der Waals surface area contributed by atoms with Gasteiger partial charge >= 0.3 is 0 Å². The summed E-state index contributed by atoms with van der Waals surface area (Å²) in [5.41, 5.74) is 0.427. The van der Waals surface area contributed by atoms with Crippen LogP contribution in [0.5, 0.6) is 0 Å². The Bertz CT molecular complexity index is 641. The second-order valence-electron chi connectivity index (χ2n) is 3.26. The Morgan fingerprint density at radius 2 is 2.22 bits per heavy atom. The zero-order valence-electron chi connectivity index (χ0n) is 8.59. The molecule has 1 heterocycles. The first-order valence-corrected chi connectivity index (χ1v) is 5.76. The molecule has 0 unspecified atom stereocenters. The summed E-state index contributed by atoms with van der Waals surface area (Å²) in [6.07, 6.45) is 0.533. The van der Waals surface area contributed by atoms with Gasteiger partial charge in [0.25, 0.3) is 5.69 Å². The van der Waals surface area contributed by atoms with Crippen molar-refractivity contribution >= 4 is 39.5 Å². The summed E-state index contributed by atoms with van der Waals surface area (Å²) in [7, 11) is 0. The van der Waals surface area contributed by atoms with E-state index in [9.17, 15) is 14.9 Å². The summed E-state index contributed by atoms with van der Waals surface area (Å²) >= 11 is 8.95. The van der Waals surface area contributed by atoms with Gasteiger partial charge in [-0.05, 0) is 22.0 Å². The van der Waals surface area contributed by atoms with Crippen LogP contribution in [0.1, 0.15) is 10.4 Å². The van der Waals surface area contributed by atoms with Gasteiger partial charge in [0.1, 0.15) is 5.69 Å². The fourth-order valence-electron chi connectivity index (χ4n) is 1.38. The molecule has 2 rings (SSSR count). The quantitative estimate of drug-likeness (QED) is 0.488. The van der Waals surface area contributed by atoms with E-state index in [0.717, 1.165) is 0 Å². The number of nitrogens with zero attached hydrogens (tertiary/aromatic N) is 2. The summed E-state index contributed by atoms with van der Waals surface area (Å²) < 4.78 is 4.95. The molecule has 0 atom stereocenters. The highest BCUT2D eigenvalue weighted by atomic mass is 79.9. The zero-order valence-corrected chi connectivity index (χ0v) is 10.9. The SMILES string of the molecule is O=Cc1c(-c2cc([N+](=O)[O-])ccc2Cl)noc1Br. The molecule has 0 aliphatic rings. The number of aldehydes is 1. The number of hydrogen-bond acceptors (Lipinski definition) is 5. The third kappa shape index (κ3) is 2.14. The second kappa shape index (κ2) is 4.87. The number of carbonyl (C=O) groups is 1. The minimum absolute atomic E-state index is 0.148. The van der Waals surface area contributed by atoms with Crippen molar-refractivity contribution in [2.75, 3.05) is 0 Å². The Kier molecular flexibility index (Phi) is 3.44. The first-order valence-electron chi connectivity index (χ1n) is 4.59. The van der Waals surface area contributed by atoms with E-state index in [1.54, 1.807) is 0 Å². The van der Waals surface area contributed by atoms with Gasteiger partial charge in [0, 0.05) is 17.7 Å². The van der Waals surface area contributed by atoms with Gasteiger partial charge in [-0.25, -0.2) is 0 Å². The highest BCUT2D eigenvalue weighted by Gasteiger charge is 2.20. The Hall–Kier alpha value is -1.73. The molecule has 0 aliphatic carbocycles. The van der Waals surface area contributed by atoms with E-state index in [1.807, 2.05) is 0 Å². The molecule has 1 aromatic carbocycles. The van der Waals surface area contributed by atoms with Crippen LogP contribution in [0.2, 0.25) is 5.02 Å². The number of non-ortho nitro benzene ring substituents is 1. The Balaban J connectivity index is 2.66. The van der Waals surface area contributed by atoms with E-state index in [2.05, 4.69) is 21.1 Å². The normalized spacial score (nSPS) is 10.3.